The highest BCUT2D eigenvalue weighted by Crippen LogP contribution is 2.24. The van der Waals surface area contributed by atoms with Crippen LogP contribution < -0.4 is 9.64 Å². The van der Waals surface area contributed by atoms with Gasteiger partial charge in [-0.3, -0.25) is 4.90 Å². The molecule has 27 heavy (non-hydrogen) atoms. The average molecular weight is 381 g/mol. The Morgan fingerprint density at radius 3 is 2.22 bits per heavy atom. The smallest absolute Gasteiger partial charge is 0.325 e. The van der Waals surface area contributed by atoms with Gasteiger partial charge in [-0.15, -0.1) is 0 Å². The van der Waals surface area contributed by atoms with Crippen molar-refractivity contribution in [2.45, 2.75) is 6.54 Å². The lowest BCUT2D eigenvalue weighted by Crippen LogP contribution is -2.46. The molecule has 0 bridgehead atoms. The van der Waals surface area contributed by atoms with Gasteiger partial charge >= 0.3 is 6.01 Å². The van der Waals surface area contributed by atoms with E-state index in [0.717, 1.165) is 38.5 Å². The van der Waals surface area contributed by atoms with Gasteiger partial charge in [-0.25, -0.2) is 0 Å². The fourth-order valence-electron chi connectivity index (χ4n) is 3.16. The van der Waals surface area contributed by atoms with Crippen LogP contribution in [-0.4, -0.2) is 41.0 Å². The Morgan fingerprint density at radius 2 is 1.52 bits per heavy atom. The maximum atomic E-state index is 6.20. The number of rotatable bonds is 5. The zero-order valence-electron chi connectivity index (χ0n) is 15.0. The fraction of sp³-hybridized carbons (Fsp3) is 0.238. The molecule has 6 heteroatoms. The maximum Gasteiger partial charge on any atom is 0.325 e. The fourth-order valence-corrected chi connectivity index (χ4v) is 3.33. The molecule has 0 N–H and O–H groups in total. The monoisotopic (exact) mass is 380 g/mol. The quantitative estimate of drug-likeness (QED) is 0.619. The number of anilines is 1. The highest BCUT2D eigenvalue weighted by molar-refractivity contribution is 6.29. The summed E-state index contributed by atoms with van der Waals surface area (Å²) in [6.07, 6.45) is 0. The molecule has 4 rings (SSSR count). The number of halogens is 1. The van der Waals surface area contributed by atoms with Crippen LogP contribution in [0.3, 0.4) is 0 Å². The molecule has 1 aromatic heterocycles. The second-order valence-corrected chi connectivity index (χ2v) is 6.88. The highest BCUT2D eigenvalue weighted by atomic mass is 35.5. The van der Waals surface area contributed by atoms with Crippen LogP contribution in [0.4, 0.5) is 5.82 Å². The van der Waals surface area contributed by atoms with Gasteiger partial charge in [0.25, 0.3) is 0 Å². The first-order valence-corrected chi connectivity index (χ1v) is 9.43. The molecule has 0 aliphatic carbocycles. The zero-order valence-corrected chi connectivity index (χ0v) is 15.7. The molecule has 1 aliphatic rings. The van der Waals surface area contributed by atoms with E-state index in [4.69, 9.17) is 16.3 Å². The standard InChI is InChI=1S/C21H21ClN4O/c22-19-15-20(24-21(23-19)27-18-9-5-2-6-10-18)26-13-11-25(12-14-26)16-17-7-3-1-4-8-17/h1-10,15H,11-14,16H2. The van der Waals surface area contributed by atoms with Crippen LogP contribution in [-0.2, 0) is 6.54 Å². The predicted molar refractivity (Wildman–Crippen MR) is 107 cm³/mol. The lowest BCUT2D eigenvalue weighted by atomic mass is 10.2. The number of piperazine rings is 1. The molecule has 5 nitrogen and oxygen atoms in total. The lowest BCUT2D eigenvalue weighted by Gasteiger charge is -2.35. The molecule has 0 saturated carbocycles. The first kappa shape index (κ1) is 17.8. The van der Waals surface area contributed by atoms with Gasteiger partial charge < -0.3 is 9.64 Å². The number of ether oxygens (including phenoxy) is 1. The van der Waals surface area contributed by atoms with Crippen molar-refractivity contribution in [2.24, 2.45) is 0 Å². The summed E-state index contributed by atoms with van der Waals surface area (Å²) in [5, 5.41) is 0.387. The molecule has 0 atom stereocenters. The summed E-state index contributed by atoms with van der Waals surface area (Å²) in [7, 11) is 0. The second-order valence-electron chi connectivity index (χ2n) is 6.50. The first-order valence-electron chi connectivity index (χ1n) is 9.05. The molecular formula is C21H21ClN4O. The summed E-state index contributed by atoms with van der Waals surface area (Å²) < 4.78 is 5.75. The molecule has 0 spiro atoms. The molecule has 0 amide bonds. The van der Waals surface area contributed by atoms with Crippen molar-refractivity contribution in [3.8, 4) is 11.8 Å². The van der Waals surface area contributed by atoms with Crippen molar-refractivity contribution in [1.29, 1.82) is 0 Å². The van der Waals surface area contributed by atoms with Crippen LogP contribution in [0.1, 0.15) is 5.56 Å². The zero-order chi connectivity index (χ0) is 18.5. The molecule has 0 radical (unpaired) electrons. The largest absolute Gasteiger partial charge is 0.424 e. The van der Waals surface area contributed by atoms with E-state index >= 15 is 0 Å². The second kappa shape index (κ2) is 8.37. The van der Waals surface area contributed by atoms with Gasteiger partial charge in [0.2, 0.25) is 0 Å². The van der Waals surface area contributed by atoms with E-state index in [2.05, 4.69) is 50.1 Å². The lowest BCUT2D eigenvalue weighted by molar-refractivity contribution is 0.249. The molecule has 2 aromatic carbocycles. The molecule has 1 fully saturated rings. The third-order valence-corrected chi connectivity index (χ3v) is 4.75. The van der Waals surface area contributed by atoms with Crippen LogP contribution in [0.5, 0.6) is 11.8 Å². The van der Waals surface area contributed by atoms with E-state index in [9.17, 15) is 0 Å². The molecule has 0 unspecified atom stereocenters. The summed E-state index contributed by atoms with van der Waals surface area (Å²) in [6, 6.07) is 22.1. The summed E-state index contributed by atoms with van der Waals surface area (Å²) in [6.45, 7) is 4.72. The minimum atomic E-state index is 0.274. The van der Waals surface area contributed by atoms with Gasteiger partial charge in [0.05, 0.1) is 0 Å². The van der Waals surface area contributed by atoms with Crippen LogP contribution in [0.25, 0.3) is 0 Å². The minimum absolute atomic E-state index is 0.274. The number of aromatic nitrogens is 2. The minimum Gasteiger partial charge on any atom is -0.424 e. The Kier molecular flexibility index (Phi) is 5.51. The Morgan fingerprint density at radius 1 is 0.852 bits per heavy atom. The topological polar surface area (TPSA) is 41.5 Å². The van der Waals surface area contributed by atoms with Gasteiger partial charge in [0, 0.05) is 38.8 Å². The van der Waals surface area contributed by atoms with Gasteiger partial charge in [0.15, 0.2) is 0 Å². The molecular weight excluding hydrogens is 360 g/mol. The average Bonchev–Trinajstić information content (AvgIpc) is 2.70. The third-order valence-electron chi connectivity index (χ3n) is 4.56. The van der Waals surface area contributed by atoms with Gasteiger partial charge in [-0.05, 0) is 17.7 Å². The first-order chi connectivity index (χ1) is 13.3. The van der Waals surface area contributed by atoms with Gasteiger partial charge in [-0.1, -0.05) is 60.1 Å². The summed E-state index contributed by atoms with van der Waals surface area (Å²) in [5.41, 5.74) is 1.34. The van der Waals surface area contributed by atoms with Crippen LogP contribution in [0.2, 0.25) is 5.15 Å². The van der Waals surface area contributed by atoms with Crippen LogP contribution >= 0.6 is 11.6 Å². The molecule has 138 valence electrons. The van der Waals surface area contributed by atoms with E-state index in [1.807, 2.05) is 30.3 Å². The van der Waals surface area contributed by atoms with Gasteiger partial charge in [-0.2, -0.15) is 9.97 Å². The Bertz CT molecular complexity index is 868. The van der Waals surface area contributed by atoms with E-state index in [1.165, 1.54) is 5.56 Å². The summed E-state index contributed by atoms with van der Waals surface area (Å²) >= 11 is 6.20. The van der Waals surface area contributed by atoms with Crippen molar-refractivity contribution in [3.05, 3.63) is 77.4 Å². The number of benzene rings is 2. The van der Waals surface area contributed by atoms with E-state index in [-0.39, 0.29) is 6.01 Å². The Balaban J connectivity index is 1.40. The number of nitrogens with zero attached hydrogens (tertiary/aromatic N) is 4. The Labute approximate surface area is 164 Å². The number of para-hydroxylation sites is 1. The maximum absolute atomic E-state index is 6.20. The third kappa shape index (κ3) is 4.76. The molecule has 2 heterocycles. The number of hydrogen-bond donors (Lipinski definition) is 0. The van der Waals surface area contributed by atoms with Crippen molar-refractivity contribution in [1.82, 2.24) is 14.9 Å². The van der Waals surface area contributed by atoms with Crippen molar-refractivity contribution >= 4 is 17.4 Å². The van der Waals surface area contributed by atoms with E-state index < -0.39 is 0 Å². The van der Waals surface area contributed by atoms with Crippen molar-refractivity contribution in [3.63, 3.8) is 0 Å². The van der Waals surface area contributed by atoms with Crippen molar-refractivity contribution in [2.75, 3.05) is 31.1 Å². The SMILES string of the molecule is Clc1cc(N2CCN(Cc3ccccc3)CC2)nc(Oc2ccccc2)n1. The summed E-state index contributed by atoms with van der Waals surface area (Å²) in [5.74, 6) is 1.50. The normalized spacial score (nSPS) is 14.9. The number of hydrogen-bond acceptors (Lipinski definition) is 5. The molecule has 1 saturated heterocycles. The highest BCUT2D eigenvalue weighted by Gasteiger charge is 2.19. The van der Waals surface area contributed by atoms with E-state index in [1.54, 1.807) is 6.07 Å². The summed E-state index contributed by atoms with van der Waals surface area (Å²) in [4.78, 5) is 13.4. The van der Waals surface area contributed by atoms with E-state index in [0.29, 0.717) is 10.9 Å². The molecule has 1 aliphatic heterocycles. The van der Waals surface area contributed by atoms with Crippen LogP contribution in [0.15, 0.2) is 66.7 Å². The van der Waals surface area contributed by atoms with Crippen LogP contribution in [0, 0.1) is 0 Å². The molecule has 3 aromatic rings. The Hall–Kier alpha value is -2.63. The van der Waals surface area contributed by atoms with Gasteiger partial charge in [0.1, 0.15) is 16.7 Å². The predicted octanol–water partition coefficient (Wildman–Crippen LogP) is 4.24. The van der Waals surface area contributed by atoms with Crippen molar-refractivity contribution < 1.29 is 4.74 Å².